The van der Waals surface area contributed by atoms with Crippen molar-refractivity contribution in [2.24, 2.45) is 28.8 Å². The van der Waals surface area contributed by atoms with Crippen molar-refractivity contribution in [2.45, 2.75) is 6.42 Å². The normalized spacial score (nSPS) is 33.7. The Bertz CT molecular complexity index is 660. The second-order valence-corrected chi connectivity index (χ2v) is 7.08. The number of carbonyl (C=O) groups excluding carboxylic acids is 2. The number of hydrogen-bond acceptors (Lipinski definition) is 4. The van der Waals surface area contributed by atoms with Crippen LogP contribution in [0, 0.1) is 23.7 Å². The third kappa shape index (κ3) is 1.90. The van der Waals surface area contributed by atoms with Crippen molar-refractivity contribution >= 4 is 49.9 Å². The van der Waals surface area contributed by atoms with E-state index in [-0.39, 0.29) is 35.5 Å². The van der Waals surface area contributed by atoms with E-state index in [4.69, 9.17) is 4.42 Å². The summed E-state index contributed by atoms with van der Waals surface area (Å²) in [6.07, 6.45) is 6.43. The van der Waals surface area contributed by atoms with Gasteiger partial charge in [0.2, 0.25) is 0 Å². The third-order valence-electron chi connectivity index (χ3n) is 4.41. The van der Waals surface area contributed by atoms with Crippen molar-refractivity contribution in [3.8, 4) is 0 Å². The molecule has 0 N–H and O–H groups in total. The van der Waals surface area contributed by atoms with Gasteiger partial charge in [-0.3, -0.25) is 9.59 Å². The van der Waals surface area contributed by atoms with Crippen LogP contribution in [0.25, 0.3) is 0 Å². The molecule has 5 nitrogen and oxygen atoms in total. The van der Waals surface area contributed by atoms with Crippen LogP contribution in [0.15, 0.2) is 36.9 Å². The van der Waals surface area contributed by atoms with Crippen molar-refractivity contribution in [1.82, 2.24) is 5.01 Å². The first-order valence-electron chi connectivity index (χ1n) is 6.61. The number of carbonyl (C=O) groups is 2. The maximum atomic E-state index is 12.4. The van der Waals surface area contributed by atoms with Gasteiger partial charge in [0, 0.05) is 6.07 Å². The predicted molar refractivity (Wildman–Crippen MR) is 81.3 cm³/mol. The van der Waals surface area contributed by atoms with Crippen molar-refractivity contribution in [2.75, 3.05) is 0 Å². The first-order chi connectivity index (χ1) is 10.1. The van der Waals surface area contributed by atoms with Crippen LogP contribution in [-0.4, -0.2) is 23.0 Å². The molecule has 7 heteroatoms. The largest absolute Gasteiger partial charge is 0.447 e. The minimum atomic E-state index is -0.222. The Kier molecular flexibility index (Phi) is 2.97. The average molecular weight is 414 g/mol. The molecule has 2 fully saturated rings. The van der Waals surface area contributed by atoms with Gasteiger partial charge < -0.3 is 4.42 Å². The molecule has 2 amide bonds. The van der Waals surface area contributed by atoms with E-state index in [2.05, 4.69) is 49.1 Å². The molecule has 0 aromatic carbocycles. The van der Waals surface area contributed by atoms with Crippen LogP contribution in [0.3, 0.4) is 0 Å². The second kappa shape index (κ2) is 4.64. The Morgan fingerprint density at radius 3 is 2.33 bits per heavy atom. The minimum Gasteiger partial charge on any atom is -0.447 e. The Hall–Kier alpha value is -1.21. The quantitative estimate of drug-likeness (QED) is 0.425. The van der Waals surface area contributed by atoms with Crippen molar-refractivity contribution < 1.29 is 14.0 Å². The summed E-state index contributed by atoms with van der Waals surface area (Å²) >= 11 is 6.52. The first-order valence-corrected chi connectivity index (χ1v) is 8.20. The fraction of sp³-hybridized carbons (Fsp3) is 0.357. The lowest BCUT2D eigenvalue weighted by Gasteiger charge is -2.13. The number of furan rings is 1. The summed E-state index contributed by atoms with van der Waals surface area (Å²) in [6, 6.07) is 1.71. The molecule has 0 unspecified atom stereocenters. The van der Waals surface area contributed by atoms with Gasteiger partial charge in [-0.2, -0.15) is 10.1 Å². The van der Waals surface area contributed by atoms with Gasteiger partial charge >= 0.3 is 0 Å². The number of halogens is 2. The zero-order valence-electron chi connectivity index (χ0n) is 10.7. The summed E-state index contributed by atoms with van der Waals surface area (Å²) in [6.45, 7) is 0. The van der Waals surface area contributed by atoms with Gasteiger partial charge in [0.25, 0.3) is 11.8 Å². The Morgan fingerprint density at radius 2 is 1.81 bits per heavy atom. The molecule has 1 aromatic rings. The van der Waals surface area contributed by atoms with E-state index in [0.717, 1.165) is 15.9 Å². The highest BCUT2D eigenvalue weighted by Gasteiger charge is 2.59. The van der Waals surface area contributed by atoms with Gasteiger partial charge in [0.15, 0.2) is 4.67 Å². The van der Waals surface area contributed by atoms with Crippen LogP contribution < -0.4 is 0 Å². The number of imide groups is 1. The molecule has 21 heavy (non-hydrogen) atoms. The molecule has 1 aliphatic heterocycles. The molecule has 2 aliphatic carbocycles. The zero-order valence-corrected chi connectivity index (χ0v) is 13.9. The van der Waals surface area contributed by atoms with Gasteiger partial charge in [0.05, 0.1) is 22.5 Å². The van der Waals surface area contributed by atoms with Gasteiger partial charge in [-0.05, 0) is 50.1 Å². The predicted octanol–water partition coefficient (Wildman–Crippen LogP) is 2.95. The van der Waals surface area contributed by atoms with E-state index >= 15 is 0 Å². The van der Waals surface area contributed by atoms with Crippen LogP contribution in [0.4, 0.5) is 0 Å². The van der Waals surface area contributed by atoms with Crippen molar-refractivity contribution in [3.63, 3.8) is 0 Å². The third-order valence-corrected chi connectivity index (χ3v) is 6.12. The highest BCUT2D eigenvalue weighted by Crippen LogP contribution is 2.52. The fourth-order valence-corrected chi connectivity index (χ4v) is 4.15. The summed E-state index contributed by atoms with van der Waals surface area (Å²) < 4.78 is 6.65. The highest BCUT2D eigenvalue weighted by atomic mass is 79.9. The van der Waals surface area contributed by atoms with E-state index in [0.29, 0.717) is 10.4 Å². The first kappa shape index (κ1) is 13.5. The maximum Gasteiger partial charge on any atom is 0.254 e. The van der Waals surface area contributed by atoms with Crippen LogP contribution in [0.1, 0.15) is 12.2 Å². The molecule has 0 radical (unpaired) electrons. The molecule has 2 heterocycles. The molecule has 4 rings (SSSR count). The van der Waals surface area contributed by atoms with E-state index in [1.54, 1.807) is 6.07 Å². The molecule has 1 aromatic heterocycles. The van der Waals surface area contributed by atoms with E-state index in [9.17, 15) is 9.59 Å². The summed E-state index contributed by atoms with van der Waals surface area (Å²) in [4.78, 5) is 24.8. The molecule has 1 saturated carbocycles. The van der Waals surface area contributed by atoms with Gasteiger partial charge in [-0.1, -0.05) is 12.2 Å². The summed E-state index contributed by atoms with van der Waals surface area (Å²) in [5.74, 6) is 0.0321. The second-order valence-electron chi connectivity index (χ2n) is 5.50. The SMILES string of the molecule is O=C1[C@@H]2[C@H](C(=O)N1N=Cc1cc(Br)c(Br)o1)[C@H]1C=C[C@H]2C1. The van der Waals surface area contributed by atoms with Crippen LogP contribution in [0.2, 0.25) is 0 Å². The number of hydrogen-bond donors (Lipinski definition) is 0. The highest BCUT2D eigenvalue weighted by molar-refractivity contribution is 9.13. The number of fused-ring (bicyclic) bond motifs is 5. The van der Waals surface area contributed by atoms with E-state index in [1.807, 2.05) is 0 Å². The molecule has 4 atom stereocenters. The monoisotopic (exact) mass is 412 g/mol. The standard InChI is InChI=1S/C14H10Br2N2O3/c15-9-4-8(21-12(9)16)5-17-18-13(19)10-6-1-2-7(3-6)11(10)14(18)20/h1-2,4-7,10-11H,3H2/t6-,7-,10-,11+/m0/s1. The van der Waals surface area contributed by atoms with Gasteiger partial charge in [-0.25, -0.2) is 0 Å². The minimum absolute atomic E-state index is 0.192. The number of rotatable bonds is 2. The summed E-state index contributed by atoms with van der Waals surface area (Å²) in [5, 5.41) is 5.04. The molecule has 2 bridgehead atoms. The molecule has 0 spiro atoms. The zero-order chi connectivity index (χ0) is 14.7. The maximum absolute atomic E-state index is 12.4. The van der Waals surface area contributed by atoms with E-state index in [1.165, 1.54) is 6.21 Å². The van der Waals surface area contributed by atoms with E-state index < -0.39 is 0 Å². The molecule has 108 valence electrons. The Morgan fingerprint density at radius 1 is 1.19 bits per heavy atom. The Labute approximate surface area is 137 Å². The van der Waals surface area contributed by atoms with Crippen LogP contribution >= 0.6 is 31.9 Å². The fourth-order valence-electron chi connectivity index (χ4n) is 3.54. The van der Waals surface area contributed by atoms with Crippen molar-refractivity contribution in [1.29, 1.82) is 0 Å². The van der Waals surface area contributed by atoms with Crippen LogP contribution in [-0.2, 0) is 9.59 Å². The van der Waals surface area contributed by atoms with Crippen LogP contribution in [0.5, 0.6) is 0 Å². The molecule has 1 saturated heterocycles. The van der Waals surface area contributed by atoms with Crippen molar-refractivity contribution in [3.05, 3.63) is 33.1 Å². The molecular weight excluding hydrogens is 404 g/mol. The number of nitrogens with zero attached hydrogens (tertiary/aromatic N) is 2. The lowest BCUT2D eigenvalue weighted by Crippen LogP contribution is -2.28. The summed E-state index contributed by atoms with van der Waals surface area (Å²) in [7, 11) is 0. The molecule has 3 aliphatic rings. The summed E-state index contributed by atoms with van der Waals surface area (Å²) in [5.41, 5.74) is 0. The average Bonchev–Trinajstić information content (AvgIpc) is 3.17. The number of amides is 2. The topological polar surface area (TPSA) is 62.9 Å². The number of hydrazone groups is 1. The Balaban J connectivity index is 1.59. The molecular formula is C14H10Br2N2O3. The number of allylic oxidation sites excluding steroid dienone is 2. The smallest absolute Gasteiger partial charge is 0.254 e. The lowest BCUT2D eigenvalue weighted by atomic mass is 9.85. The van der Waals surface area contributed by atoms with Gasteiger partial charge in [0.1, 0.15) is 5.76 Å². The van der Waals surface area contributed by atoms with Gasteiger partial charge in [-0.15, -0.1) is 0 Å². The lowest BCUT2D eigenvalue weighted by molar-refractivity contribution is -0.140.